The predicted molar refractivity (Wildman–Crippen MR) is 110 cm³/mol. The van der Waals surface area contributed by atoms with Crippen molar-refractivity contribution < 1.29 is 14.4 Å². The summed E-state index contributed by atoms with van der Waals surface area (Å²) >= 11 is 0. The lowest BCUT2D eigenvalue weighted by molar-refractivity contribution is -0.139. The van der Waals surface area contributed by atoms with Crippen LogP contribution in [0.4, 0.5) is 0 Å². The highest BCUT2D eigenvalue weighted by Gasteiger charge is 2.30. The summed E-state index contributed by atoms with van der Waals surface area (Å²) in [6.07, 6.45) is 4.65. The van der Waals surface area contributed by atoms with Crippen LogP contribution in [-0.4, -0.2) is 40.1 Å². The molecule has 2 aliphatic heterocycles. The average molecular weight is 390 g/mol. The fourth-order valence-corrected chi connectivity index (χ4v) is 4.28. The third-order valence-corrected chi connectivity index (χ3v) is 5.94. The van der Waals surface area contributed by atoms with Gasteiger partial charge >= 0.3 is 0 Å². The number of hydrogen-bond acceptors (Lipinski definition) is 3. The molecule has 5 nitrogen and oxygen atoms in total. The molecule has 0 unspecified atom stereocenters. The normalized spacial score (nSPS) is 19.2. The van der Waals surface area contributed by atoms with Crippen LogP contribution in [0.5, 0.6) is 0 Å². The number of carbonyl (C=O) groups excluding carboxylic acids is 3. The van der Waals surface area contributed by atoms with E-state index in [1.807, 2.05) is 35.2 Å². The van der Waals surface area contributed by atoms with Crippen molar-refractivity contribution in [3.05, 3.63) is 71.3 Å². The molecule has 2 aromatic carbocycles. The molecule has 2 fully saturated rings. The summed E-state index contributed by atoms with van der Waals surface area (Å²) in [7, 11) is 0. The van der Waals surface area contributed by atoms with Gasteiger partial charge in [0.25, 0.3) is 5.91 Å². The minimum absolute atomic E-state index is 0.0698. The Morgan fingerprint density at radius 2 is 1.59 bits per heavy atom. The van der Waals surface area contributed by atoms with E-state index in [4.69, 9.17) is 0 Å². The van der Waals surface area contributed by atoms with Crippen LogP contribution < -0.4 is 0 Å². The van der Waals surface area contributed by atoms with Gasteiger partial charge in [0.2, 0.25) is 11.8 Å². The largest absolute Gasteiger partial charge is 0.336 e. The van der Waals surface area contributed by atoms with E-state index in [1.54, 1.807) is 0 Å². The van der Waals surface area contributed by atoms with E-state index >= 15 is 0 Å². The summed E-state index contributed by atoms with van der Waals surface area (Å²) in [4.78, 5) is 39.9. The van der Waals surface area contributed by atoms with Gasteiger partial charge in [-0.25, -0.2) is 0 Å². The lowest BCUT2D eigenvalue weighted by Crippen LogP contribution is -2.35. The first kappa shape index (κ1) is 19.4. The quantitative estimate of drug-likeness (QED) is 0.709. The Kier molecular flexibility index (Phi) is 5.74. The van der Waals surface area contributed by atoms with Crippen molar-refractivity contribution in [3.63, 3.8) is 0 Å². The number of carbonyl (C=O) groups is 3. The number of likely N-dealkylation sites (tertiary alicyclic amines) is 2. The Balaban J connectivity index is 1.38. The molecule has 3 amide bonds. The summed E-state index contributed by atoms with van der Waals surface area (Å²) in [6, 6.07) is 18.0. The van der Waals surface area contributed by atoms with Crippen LogP contribution in [0.15, 0.2) is 54.6 Å². The third kappa shape index (κ3) is 4.39. The second kappa shape index (κ2) is 8.60. The van der Waals surface area contributed by atoms with Crippen molar-refractivity contribution >= 4 is 17.7 Å². The summed E-state index contributed by atoms with van der Waals surface area (Å²) < 4.78 is 0. The first-order chi connectivity index (χ1) is 14.1. The molecule has 0 N–H and O–H groups in total. The fourth-order valence-electron chi connectivity index (χ4n) is 4.28. The summed E-state index contributed by atoms with van der Waals surface area (Å²) in [6.45, 7) is 1.09. The highest BCUT2D eigenvalue weighted by atomic mass is 16.2. The van der Waals surface area contributed by atoms with Crippen LogP contribution in [0.2, 0.25) is 0 Å². The molecule has 0 aromatic heterocycles. The lowest BCUT2D eigenvalue weighted by atomic mass is 10.0. The van der Waals surface area contributed by atoms with E-state index in [-0.39, 0.29) is 30.3 Å². The van der Waals surface area contributed by atoms with Gasteiger partial charge in [-0.3, -0.25) is 19.3 Å². The first-order valence-electron chi connectivity index (χ1n) is 10.4. The molecule has 2 aromatic rings. The van der Waals surface area contributed by atoms with E-state index in [2.05, 4.69) is 24.3 Å². The number of benzene rings is 2. The molecule has 0 spiro atoms. The smallest absolute Gasteiger partial charge is 0.254 e. The zero-order valence-electron chi connectivity index (χ0n) is 16.5. The van der Waals surface area contributed by atoms with Gasteiger partial charge in [-0.15, -0.1) is 0 Å². The second-order valence-corrected chi connectivity index (χ2v) is 7.89. The molecule has 2 saturated heterocycles. The van der Waals surface area contributed by atoms with Crippen molar-refractivity contribution in [3.8, 4) is 0 Å². The molecule has 4 rings (SSSR count). The molecule has 150 valence electrons. The molecule has 0 aliphatic carbocycles. The fraction of sp³-hybridized carbons (Fsp3) is 0.375. The number of amides is 3. The number of nitrogens with zero attached hydrogens (tertiary/aromatic N) is 2. The topological polar surface area (TPSA) is 57.7 Å². The molecular weight excluding hydrogens is 364 g/mol. The van der Waals surface area contributed by atoms with E-state index in [0.29, 0.717) is 18.4 Å². The molecule has 0 bridgehead atoms. The van der Waals surface area contributed by atoms with Crippen LogP contribution in [0, 0.1) is 0 Å². The van der Waals surface area contributed by atoms with Gasteiger partial charge in [0, 0.05) is 31.0 Å². The van der Waals surface area contributed by atoms with E-state index in [9.17, 15) is 14.4 Å². The number of aryl methyl sites for hydroxylation is 1. The molecular formula is C24H26N2O3. The number of hydrogen-bond donors (Lipinski definition) is 0. The second-order valence-electron chi connectivity index (χ2n) is 7.89. The Morgan fingerprint density at radius 1 is 0.897 bits per heavy atom. The van der Waals surface area contributed by atoms with Gasteiger partial charge in [-0.2, -0.15) is 0 Å². The number of rotatable bonds is 6. The van der Waals surface area contributed by atoms with Gasteiger partial charge < -0.3 is 4.90 Å². The maximum atomic E-state index is 13.0. The molecule has 2 heterocycles. The van der Waals surface area contributed by atoms with E-state index < -0.39 is 0 Å². The predicted octanol–water partition coefficient (Wildman–Crippen LogP) is 3.57. The maximum Gasteiger partial charge on any atom is 0.254 e. The molecule has 1 atom stereocenters. The van der Waals surface area contributed by atoms with Gasteiger partial charge in [-0.05, 0) is 48.9 Å². The summed E-state index contributed by atoms with van der Waals surface area (Å²) in [5, 5.41) is 0. The first-order valence-corrected chi connectivity index (χ1v) is 10.4. The van der Waals surface area contributed by atoms with Crippen LogP contribution in [0.3, 0.4) is 0 Å². The minimum atomic E-state index is -0.117. The standard InChI is InChI=1S/C24H26N2O3/c27-22-14-15-23(28)26(22)17-19-8-11-20(12-9-19)24(29)25-16-4-7-21(25)13-10-18-5-2-1-3-6-18/h1-3,5-6,8-9,11-12,21H,4,7,10,13-17H2/t21-/m0/s1. The summed E-state index contributed by atoms with van der Waals surface area (Å²) in [5.74, 6) is -0.164. The van der Waals surface area contributed by atoms with Gasteiger partial charge in [0.05, 0.1) is 6.54 Å². The Labute approximate surface area is 171 Å². The van der Waals surface area contributed by atoms with Gasteiger partial charge in [-0.1, -0.05) is 42.5 Å². The minimum Gasteiger partial charge on any atom is -0.336 e. The van der Waals surface area contributed by atoms with Gasteiger partial charge in [0.15, 0.2) is 0 Å². The molecule has 5 heteroatoms. The van der Waals surface area contributed by atoms with Crippen LogP contribution in [0.25, 0.3) is 0 Å². The highest BCUT2D eigenvalue weighted by Crippen LogP contribution is 2.24. The zero-order valence-corrected chi connectivity index (χ0v) is 16.5. The van der Waals surface area contributed by atoms with E-state index in [1.165, 1.54) is 10.5 Å². The lowest BCUT2D eigenvalue weighted by Gasteiger charge is -2.25. The number of imide groups is 1. The van der Waals surface area contributed by atoms with Crippen molar-refractivity contribution in [2.45, 2.75) is 51.1 Å². The Morgan fingerprint density at radius 3 is 2.28 bits per heavy atom. The van der Waals surface area contributed by atoms with Gasteiger partial charge in [0.1, 0.15) is 0 Å². The average Bonchev–Trinajstić information content (AvgIpc) is 3.35. The van der Waals surface area contributed by atoms with Crippen LogP contribution in [0.1, 0.15) is 53.6 Å². The van der Waals surface area contributed by atoms with E-state index in [0.717, 1.165) is 37.8 Å². The molecule has 0 radical (unpaired) electrons. The van der Waals surface area contributed by atoms with Crippen molar-refractivity contribution in [1.29, 1.82) is 0 Å². The van der Waals surface area contributed by atoms with Crippen molar-refractivity contribution in [2.24, 2.45) is 0 Å². The SMILES string of the molecule is O=C1CCC(=O)N1Cc1ccc(C(=O)N2CCC[C@H]2CCc2ccccc2)cc1. The zero-order chi connectivity index (χ0) is 20.2. The van der Waals surface area contributed by atoms with Crippen LogP contribution >= 0.6 is 0 Å². The maximum absolute atomic E-state index is 13.0. The van der Waals surface area contributed by atoms with Crippen molar-refractivity contribution in [2.75, 3.05) is 6.54 Å². The Hall–Kier alpha value is -2.95. The monoisotopic (exact) mass is 390 g/mol. The molecule has 29 heavy (non-hydrogen) atoms. The summed E-state index contributed by atoms with van der Waals surface area (Å²) in [5.41, 5.74) is 2.84. The molecule has 2 aliphatic rings. The Bertz CT molecular complexity index is 876. The van der Waals surface area contributed by atoms with Crippen molar-refractivity contribution in [1.82, 2.24) is 9.80 Å². The highest BCUT2D eigenvalue weighted by molar-refractivity contribution is 6.01. The molecule has 0 saturated carbocycles. The van der Waals surface area contributed by atoms with Crippen LogP contribution in [-0.2, 0) is 22.6 Å². The third-order valence-electron chi connectivity index (χ3n) is 5.94.